The maximum absolute atomic E-state index is 9.50. The Labute approximate surface area is 122 Å². The predicted molar refractivity (Wildman–Crippen MR) is 81.7 cm³/mol. The van der Waals surface area contributed by atoms with Crippen LogP contribution in [-0.4, -0.2) is 33.8 Å². The zero-order valence-electron chi connectivity index (χ0n) is 11.6. The standard InChI is InChI=1S/C15H15BN2O3/c1-21-12-6-7-13(16(19)20)11(8-12)9-18-10-17-14-4-2-3-5-15(14)18/h2-8,10,19-20H,9H2,1H3. The number of benzene rings is 2. The van der Waals surface area contributed by atoms with Gasteiger partial charge in [0.25, 0.3) is 0 Å². The van der Waals surface area contributed by atoms with Crippen molar-refractivity contribution in [3.63, 3.8) is 0 Å². The van der Waals surface area contributed by atoms with Gasteiger partial charge in [0.2, 0.25) is 0 Å². The van der Waals surface area contributed by atoms with E-state index >= 15 is 0 Å². The summed E-state index contributed by atoms with van der Waals surface area (Å²) in [6, 6.07) is 13.0. The maximum atomic E-state index is 9.50. The molecule has 106 valence electrons. The van der Waals surface area contributed by atoms with E-state index in [-0.39, 0.29) is 0 Å². The SMILES string of the molecule is COc1ccc(B(O)O)c(Cn2cnc3ccccc32)c1. The highest BCUT2D eigenvalue weighted by molar-refractivity contribution is 6.59. The number of nitrogens with zero attached hydrogens (tertiary/aromatic N) is 2. The Kier molecular flexibility index (Phi) is 3.64. The van der Waals surface area contributed by atoms with Crippen LogP contribution >= 0.6 is 0 Å². The molecule has 1 heterocycles. The quantitative estimate of drug-likeness (QED) is 0.694. The molecule has 0 aliphatic rings. The monoisotopic (exact) mass is 282 g/mol. The topological polar surface area (TPSA) is 67.5 Å². The van der Waals surface area contributed by atoms with Gasteiger partial charge in [-0.05, 0) is 35.3 Å². The van der Waals surface area contributed by atoms with Crippen LogP contribution in [0.4, 0.5) is 0 Å². The lowest BCUT2D eigenvalue weighted by Crippen LogP contribution is -2.33. The van der Waals surface area contributed by atoms with Crippen LogP contribution in [0.15, 0.2) is 48.8 Å². The van der Waals surface area contributed by atoms with Gasteiger partial charge in [0, 0.05) is 6.54 Å². The Morgan fingerprint density at radius 2 is 2.00 bits per heavy atom. The van der Waals surface area contributed by atoms with Crippen LogP contribution < -0.4 is 10.2 Å². The molecule has 2 N–H and O–H groups in total. The van der Waals surface area contributed by atoms with E-state index in [0.29, 0.717) is 17.8 Å². The average molecular weight is 282 g/mol. The van der Waals surface area contributed by atoms with Crippen LogP contribution in [0.1, 0.15) is 5.56 Å². The van der Waals surface area contributed by atoms with Crippen LogP contribution in [0.2, 0.25) is 0 Å². The van der Waals surface area contributed by atoms with E-state index in [0.717, 1.165) is 16.6 Å². The van der Waals surface area contributed by atoms with Crippen molar-refractivity contribution >= 4 is 23.6 Å². The van der Waals surface area contributed by atoms with Gasteiger partial charge in [-0.2, -0.15) is 0 Å². The summed E-state index contributed by atoms with van der Waals surface area (Å²) >= 11 is 0. The second kappa shape index (κ2) is 5.59. The highest BCUT2D eigenvalue weighted by atomic mass is 16.5. The third-order valence-corrected chi connectivity index (χ3v) is 3.50. The summed E-state index contributed by atoms with van der Waals surface area (Å²) in [4.78, 5) is 4.34. The van der Waals surface area contributed by atoms with Gasteiger partial charge in [-0.15, -0.1) is 0 Å². The van der Waals surface area contributed by atoms with Crippen LogP contribution in [0, 0.1) is 0 Å². The summed E-state index contributed by atoms with van der Waals surface area (Å²) in [7, 11) is 0.0709. The summed E-state index contributed by atoms with van der Waals surface area (Å²) in [5.41, 5.74) is 3.16. The highest BCUT2D eigenvalue weighted by Gasteiger charge is 2.17. The normalized spacial score (nSPS) is 10.8. The summed E-state index contributed by atoms with van der Waals surface area (Å²) in [5, 5.41) is 19.0. The molecule has 0 aliphatic carbocycles. The van der Waals surface area contributed by atoms with E-state index in [4.69, 9.17) is 4.74 Å². The molecule has 1 aromatic heterocycles. The average Bonchev–Trinajstić information content (AvgIpc) is 2.90. The molecule has 21 heavy (non-hydrogen) atoms. The molecule has 0 atom stereocenters. The molecule has 0 saturated carbocycles. The van der Waals surface area contributed by atoms with Crippen molar-refractivity contribution in [3.05, 3.63) is 54.4 Å². The Morgan fingerprint density at radius 3 is 2.76 bits per heavy atom. The van der Waals surface area contributed by atoms with Crippen molar-refractivity contribution in [1.29, 1.82) is 0 Å². The first-order valence-electron chi connectivity index (χ1n) is 6.62. The third kappa shape index (κ3) is 2.63. The Balaban J connectivity index is 2.04. The van der Waals surface area contributed by atoms with Crippen LogP contribution in [0.5, 0.6) is 5.75 Å². The molecule has 3 rings (SSSR count). The van der Waals surface area contributed by atoms with Gasteiger partial charge in [-0.25, -0.2) is 4.98 Å². The molecule has 2 aromatic carbocycles. The summed E-state index contributed by atoms with van der Waals surface area (Å²) in [5.74, 6) is 0.679. The highest BCUT2D eigenvalue weighted by Crippen LogP contribution is 2.16. The fourth-order valence-corrected chi connectivity index (χ4v) is 2.42. The van der Waals surface area contributed by atoms with Crippen molar-refractivity contribution in [3.8, 4) is 5.75 Å². The molecule has 0 unspecified atom stereocenters. The number of aromatic nitrogens is 2. The second-order valence-electron chi connectivity index (χ2n) is 4.80. The van der Waals surface area contributed by atoms with Crippen molar-refractivity contribution < 1.29 is 14.8 Å². The molecule has 0 spiro atoms. The van der Waals surface area contributed by atoms with E-state index in [1.54, 1.807) is 25.6 Å². The minimum Gasteiger partial charge on any atom is -0.497 e. The molecule has 0 fully saturated rings. The van der Waals surface area contributed by atoms with Crippen molar-refractivity contribution in [2.24, 2.45) is 0 Å². The Bertz CT molecular complexity index is 770. The van der Waals surface area contributed by atoms with E-state index < -0.39 is 7.12 Å². The van der Waals surface area contributed by atoms with Crippen LogP contribution in [0.3, 0.4) is 0 Å². The molecule has 3 aromatic rings. The number of imidazole rings is 1. The number of para-hydroxylation sites is 2. The van der Waals surface area contributed by atoms with Crippen molar-refractivity contribution in [2.45, 2.75) is 6.54 Å². The Hall–Kier alpha value is -2.31. The molecule has 0 amide bonds. The summed E-state index contributed by atoms with van der Waals surface area (Å²) in [6.45, 7) is 0.491. The smallest absolute Gasteiger partial charge is 0.488 e. The molecular formula is C15H15BN2O3. The fourth-order valence-electron chi connectivity index (χ4n) is 2.42. The number of fused-ring (bicyclic) bond motifs is 1. The number of ether oxygens (including phenoxy) is 1. The van der Waals surface area contributed by atoms with Gasteiger partial charge >= 0.3 is 7.12 Å². The van der Waals surface area contributed by atoms with E-state index in [1.165, 1.54) is 0 Å². The summed E-state index contributed by atoms with van der Waals surface area (Å²) in [6.07, 6.45) is 1.75. The summed E-state index contributed by atoms with van der Waals surface area (Å²) < 4.78 is 7.18. The first kappa shape index (κ1) is 13.7. The molecule has 0 bridgehead atoms. The Morgan fingerprint density at radius 1 is 1.19 bits per heavy atom. The van der Waals surface area contributed by atoms with E-state index in [2.05, 4.69) is 4.98 Å². The van der Waals surface area contributed by atoms with E-state index in [9.17, 15) is 10.0 Å². The zero-order valence-corrected chi connectivity index (χ0v) is 11.6. The van der Waals surface area contributed by atoms with E-state index in [1.807, 2.05) is 34.9 Å². The maximum Gasteiger partial charge on any atom is 0.488 e. The van der Waals surface area contributed by atoms with Gasteiger partial charge in [0.1, 0.15) is 5.75 Å². The number of hydrogen-bond acceptors (Lipinski definition) is 4. The molecule has 0 saturated heterocycles. The van der Waals surface area contributed by atoms with Crippen LogP contribution in [-0.2, 0) is 6.54 Å². The van der Waals surface area contributed by atoms with Crippen LogP contribution in [0.25, 0.3) is 11.0 Å². The van der Waals surface area contributed by atoms with Gasteiger partial charge in [-0.1, -0.05) is 18.2 Å². The van der Waals surface area contributed by atoms with Gasteiger partial charge < -0.3 is 19.4 Å². The molecule has 0 radical (unpaired) electrons. The molecule has 0 aliphatic heterocycles. The third-order valence-electron chi connectivity index (χ3n) is 3.50. The van der Waals surface area contributed by atoms with Crippen molar-refractivity contribution in [1.82, 2.24) is 9.55 Å². The lowest BCUT2D eigenvalue weighted by molar-refractivity contribution is 0.413. The number of rotatable bonds is 4. The molecular weight excluding hydrogens is 267 g/mol. The van der Waals surface area contributed by atoms with Gasteiger partial charge in [-0.3, -0.25) is 0 Å². The molecule has 5 nitrogen and oxygen atoms in total. The number of hydrogen-bond donors (Lipinski definition) is 2. The second-order valence-corrected chi connectivity index (χ2v) is 4.80. The number of methoxy groups -OCH3 is 1. The first-order valence-corrected chi connectivity index (χ1v) is 6.62. The predicted octanol–water partition coefficient (Wildman–Crippen LogP) is 0.773. The lowest BCUT2D eigenvalue weighted by atomic mass is 9.77. The first-order chi connectivity index (χ1) is 10.2. The molecule has 6 heteroatoms. The fraction of sp³-hybridized carbons (Fsp3) is 0.133. The van der Waals surface area contributed by atoms with Gasteiger partial charge in [0.15, 0.2) is 0 Å². The zero-order chi connectivity index (χ0) is 14.8. The lowest BCUT2D eigenvalue weighted by Gasteiger charge is -2.12. The van der Waals surface area contributed by atoms with Gasteiger partial charge in [0.05, 0.1) is 24.5 Å². The minimum absolute atomic E-state index is 0.466. The minimum atomic E-state index is -1.51. The van der Waals surface area contributed by atoms with Crippen molar-refractivity contribution in [2.75, 3.05) is 7.11 Å². The largest absolute Gasteiger partial charge is 0.497 e.